The van der Waals surface area contributed by atoms with E-state index in [-0.39, 0.29) is 0 Å². The first-order valence-electron chi connectivity index (χ1n) is 2.81. The molecule has 0 radical (unpaired) electrons. The highest BCUT2D eigenvalue weighted by Crippen LogP contribution is 2.38. The summed E-state index contributed by atoms with van der Waals surface area (Å²) >= 11 is 0. The van der Waals surface area contributed by atoms with Crippen molar-refractivity contribution in [3.8, 4) is 0 Å². The minimum atomic E-state index is -4.47. The fourth-order valence-electron chi connectivity index (χ4n) is 0.354. The Morgan fingerprint density at radius 3 is 2.36 bits per heavy atom. The zero-order valence-electron chi connectivity index (χ0n) is 5.89. The van der Waals surface area contributed by atoms with E-state index in [1.54, 1.807) is 0 Å². The van der Waals surface area contributed by atoms with Crippen LogP contribution in [0.5, 0.6) is 0 Å². The van der Waals surface area contributed by atoms with Gasteiger partial charge < -0.3 is 20.2 Å². The Bertz CT molecular complexity index is 187. The summed E-state index contributed by atoms with van der Waals surface area (Å²) in [6.45, 7) is 0.756. The SMILES string of the molecule is CC(=O)NC[C@@H](O)P(=O)(O)O. The second-order valence-electron chi connectivity index (χ2n) is 2.01. The molecular formula is C4H10NO5P. The Morgan fingerprint density at radius 2 is 2.09 bits per heavy atom. The van der Waals surface area contributed by atoms with Crippen LogP contribution in [0.4, 0.5) is 0 Å². The Labute approximate surface area is 63.4 Å². The van der Waals surface area contributed by atoms with Gasteiger partial charge in [-0.3, -0.25) is 9.36 Å². The second-order valence-corrected chi connectivity index (χ2v) is 3.78. The first-order chi connectivity index (χ1) is 4.84. The van der Waals surface area contributed by atoms with E-state index in [0.29, 0.717) is 0 Å². The third-order valence-corrected chi connectivity index (χ3v) is 1.88. The Balaban J connectivity index is 3.80. The Morgan fingerprint density at radius 1 is 1.64 bits per heavy atom. The maximum atomic E-state index is 10.2. The molecule has 1 amide bonds. The molecule has 0 aliphatic carbocycles. The molecule has 0 aromatic rings. The zero-order valence-corrected chi connectivity index (χ0v) is 6.78. The van der Waals surface area contributed by atoms with Crippen LogP contribution >= 0.6 is 7.60 Å². The molecule has 0 aliphatic rings. The van der Waals surface area contributed by atoms with Crippen molar-refractivity contribution in [3.63, 3.8) is 0 Å². The summed E-state index contributed by atoms with van der Waals surface area (Å²) in [7, 11) is -4.47. The van der Waals surface area contributed by atoms with Crippen LogP contribution in [0, 0.1) is 0 Å². The largest absolute Gasteiger partial charge is 0.379 e. The van der Waals surface area contributed by atoms with Gasteiger partial charge in [-0.15, -0.1) is 0 Å². The van der Waals surface area contributed by atoms with Gasteiger partial charge in [0.05, 0.1) is 6.54 Å². The molecule has 0 rings (SSSR count). The van der Waals surface area contributed by atoms with E-state index < -0.39 is 25.9 Å². The van der Waals surface area contributed by atoms with Gasteiger partial charge in [-0.05, 0) is 0 Å². The average molecular weight is 183 g/mol. The molecule has 6 nitrogen and oxygen atoms in total. The van der Waals surface area contributed by atoms with Crippen molar-refractivity contribution in [2.24, 2.45) is 0 Å². The average Bonchev–Trinajstić information content (AvgIpc) is 1.80. The Kier molecular flexibility index (Phi) is 3.68. The van der Waals surface area contributed by atoms with E-state index in [0.717, 1.165) is 0 Å². The summed E-state index contributed by atoms with van der Waals surface area (Å²) in [5.74, 6) is -2.26. The molecule has 0 bridgehead atoms. The molecule has 7 heteroatoms. The molecule has 11 heavy (non-hydrogen) atoms. The zero-order chi connectivity index (χ0) is 9.07. The fraction of sp³-hybridized carbons (Fsp3) is 0.750. The normalized spacial score (nSPS) is 14.2. The van der Waals surface area contributed by atoms with E-state index in [2.05, 4.69) is 5.32 Å². The van der Waals surface area contributed by atoms with Crippen molar-refractivity contribution in [3.05, 3.63) is 0 Å². The number of amides is 1. The molecule has 0 aliphatic heterocycles. The quantitative estimate of drug-likeness (QED) is 0.403. The predicted molar refractivity (Wildman–Crippen MR) is 36.7 cm³/mol. The highest BCUT2D eigenvalue weighted by Gasteiger charge is 2.25. The van der Waals surface area contributed by atoms with Gasteiger partial charge in [0.25, 0.3) is 0 Å². The summed E-state index contributed by atoms with van der Waals surface area (Å²) in [6.07, 6.45) is 0. The molecule has 0 unspecified atom stereocenters. The van der Waals surface area contributed by atoms with Crippen LogP contribution in [0.3, 0.4) is 0 Å². The van der Waals surface area contributed by atoms with Crippen LogP contribution in [0.2, 0.25) is 0 Å². The van der Waals surface area contributed by atoms with Gasteiger partial charge in [0, 0.05) is 6.92 Å². The molecular weight excluding hydrogens is 173 g/mol. The monoisotopic (exact) mass is 183 g/mol. The number of carbonyl (C=O) groups excluding carboxylic acids is 1. The third-order valence-electron chi connectivity index (χ3n) is 0.922. The number of carbonyl (C=O) groups is 1. The lowest BCUT2D eigenvalue weighted by Gasteiger charge is -2.11. The molecule has 66 valence electrons. The molecule has 0 aromatic carbocycles. The number of hydrogen-bond donors (Lipinski definition) is 4. The van der Waals surface area contributed by atoms with Crippen molar-refractivity contribution in [2.45, 2.75) is 12.8 Å². The van der Waals surface area contributed by atoms with Gasteiger partial charge >= 0.3 is 7.60 Å². The van der Waals surface area contributed by atoms with Crippen LogP contribution in [0.1, 0.15) is 6.92 Å². The van der Waals surface area contributed by atoms with Gasteiger partial charge in [-0.1, -0.05) is 0 Å². The van der Waals surface area contributed by atoms with Gasteiger partial charge in [-0.2, -0.15) is 0 Å². The van der Waals surface area contributed by atoms with E-state index in [4.69, 9.17) is 14.9 Å². The van der Waals surface area contributed by atoms with Crippen LogP contribution in [0.25, 0.3) is 0 Å². The standard InChI is InChI=1S/C4H10NO5P/c1-3(6)5-2-4(7)11(8,9)10/h4,7H,2H2,1H3,(H,5,6)(H2,8,9,10)/t4-/m0/s1. The number of aliphatic hydroxyl groups is 1. The summed E-state index contributed by atoms with van der Waals surface area (Å²) in [5.41, 5.74) is 0. The van der Waals surface area contributed by atoms with E-state index in [1.165, 1.54) is 6.92 Å². The lowest BCUT2D eigenvalue weighted by molar-refractivity contribution is -0.119. The minimum absolute atomic E-state index is 0.431. The third kappa shape index (κ3) is 4.92. The first-order valence-corrected chi connectivity index (χ1v) is 4.50. The Hall–Kier alpha value is -0.420. The van der Waals surface area contributed by atoms with Gasteiger partial charge in [-0.25, -0.2) is 0 Å². The maximum absolute atomic E-state index is 10.2. The lowest BCUT2D eigenvalue weighted by atomic mass is 10.6. The summed E-state index contributed by atoms with van der Waals surface area (Å²) in [4.78, 5) is 26.8. The first kappa shape index (κ1) is 10.6. The van der Waals surface area contributed by atoms with E-state index in [1.807, 2.05) is 0 Å². The molecule has 0 fully saturated rings. The predicted octanol–water partition coefficient (Wildman–Crippen LogP) is -1.38. The number of aliphatic hydroxyl groups excluding tert-OH is 1. The molecule has 4 N–H and O–H groups in total. The summed E-state index contributed by atoms with van der Waals surface area (Å²) in [5, 5.41) is 10.7. The maximum Gasteiger partial charge on any atom is 0.355 e. The number of rotatable bonds is 3. The molecule has 0 saturated heterocycles. The van der Waals surface area contributed by atoms with Gasteiger partial charge in [0.15, 0.2) is 5.85 Å². The van der Waals surface area contributed by atoms with Crippen LogP contribution in [-0.4, -0.2) is 33.2 Å². The van der Waals surface area contributed by atoms with Crippen molar-refractivity contribution < 1.29 is 24.3 Å². The fourth-order valence-corrected chi connectivity index (χ4v) is 0.683. The molecule has 0 aromatic heterocycles. The molecule has 0 spiro atoms. The van der Waals surface area contributed by atoms with Crippen molar-refractivity contribution in [1.29, 1.82) is 0 Å². The van der Waals surface area contributed by atoms with Crippen molar-refractivity contribution in [2.75, 3.05) is 6.54 Å². The smallest absolute Gasteiger partial charge is 0.355 e. The minimum Gasteiger partial charge on any atom is -0.379 e. The van der Waals surface area contributed by atoms with Gasteiger partial charge in [0.2, 0.25) is 5.91 Å². The molecule has 1 atom stereocenters. The highest BCUT2D eigenvalue weighted by atomic mass is 31.2. The molecule has 0 heterocycles. The second kappa shape index (κ2) is 3.82. The summed E-state index contributed by atoms with van der Waals surface area (Å²) < 4.78 is 10.2. The molecule has 0 saturated carbocycles. The highest BCUT2D eigenvalue weighted by molar-refractivity contribution is 7.52. The van der Waals surface area contributed by atoms with E-state index in [9.17, 15) is 9.36 Å². The topological polar surface area (TPSA) is 107 Å². The van der Waals surface area contributed by atoms with Crippen molar-refractivity contribution >= 4 is 13.5 Å². The number of nitrogens with one attached hydrogen (secondary N) is 1. The van der Waals surface area contributed by atoms with Gasteiger partial charge in [0.1, 0.15) is 0 Å². The van der Waals surface area contributed by atoms with Crippen LogP contribution in [0.15, 0.2) is 0 Å². The summed E-state index contributed by atoms with van der Waals surface area (Å²) in [6, 6.07) is 0. The van der Waals surface area contributed by atoms with Crippen LogP contribution in [-0.2, 0) is 9.36 Å². The van der Waals surface area contributed by atoms with E-state index >= 15 is 0 Å². The van der Waals surface area contributed by atoms with Crippen molar-refractivity contribution in [1.82, 2.24) is 5.32 Å². The number of hydrogen-bond acceptors (Lipinski definition) is 3. The van der Waals surface area contributed by atoms with Crippen LogP contribution < -0.4 is 5.32 Å². The lowest BCUT2D eigenvalue weighted by Crippen LogP contribution is -2.30.